The summed E-state index contributed by atoms with van der Waals surface area (Å²) in [5.74, 6) is -0.952. The molecule has 0 rings (SSSR count). The van der Waals surface area contributed by atoms with Crippen LogP contribution in [-0.4, -0.2) is 37.2 Å². The highest BCUT2D eigenvalue weighted by Crippen LogP contribution is 2.13. The molecule has 0 heterocycles. The lowest BCUT2D eigenvalue weighted by Crippen LogP contribution is -2.30. The minimum Gasteiger partial charge on any atom is -0.462 e. The molecule has 0 N–H and O–H groups in total. The van der Waals surface area contributed by atoms with Gasteiger partial charge in [-0.1, -0.05) is 179 Å². The smallest absolute Gasteiger partial charge is 0.306 e. The van der Waals surface area contributed by atoms with Crippen LogP contribution >= 0.6 is 0 Å². The average molecular weight is 799 g/mol. The lowest BCUT2D eigenvalue weighted by Gasteiger charge is -2.18. The summed E-state index contributed by atoms with van der Waals surface area (Å²) in [4.78, 5) is 37.7. The number of hydrogen-bond donors (Lipinski definition) is 0. The Balaban J connectivity index is 4.37. The Labute approximate surface area is 352 Å². The molecule has 1 atom stereocenters. The van der Waals surface area contributed by atoms with Gasteiger partial charge in [0, 0.05) is 19.3 Å². The molecule has 6 nitrogen and oxygen atoms in total. The van der Waals surface area contributed by atoms with Crippen molar-refractivity contribution in [2.24, 2.45) is 0 Å². The molecule has 0 saturated heterocycles. The van der Waals surface area contributed by atoms with E-state index in [0.717, 1.165) is 83.5 Å². The fraction of sp³-hybridized carbons (Fsp3) is 0.784. The fourth-order valence-electron chi connectivity index (χ4n) is 6.61. The molecule has 0 spiro atoms. The van der Waals surface area contributed by atoms with E-state index in [0.29, 0.717) is 25.7 Å². The summed E-state index contributed by atoms with van der Waals surface area (Å²) in [6.45, 7) is 6.52. The number of allylic oxidation sites excluding steroid dienone is 8. The Morgan fingerprint density at radius 2 is 0.649 bits per heavy atom. The molecule has 0 amide bonds. The molecule has 0 aliphatic carbocycles. The first kappa shape index (κ1) is 54.4. The quantitative estimate of drug-likeness (QED) is 0.0201. The zero-order chi connectivity index (χ0) is 41.5. The third-order valence-corrected chi connectivity index (χ3v) is 10.3. The second kappa shape index (κ2) is 46.1. The molecule has 0 aromatic carbocycles. The molecule has 0 fully saturated rings. The molecule has 6 heteroatoms. The van der Waals surface area contributed by atoms with Crippen molar-refractivity contribution in [2.75, 3.05) is 13.2 Å². The summed E-state index contributed by atoms with van der Waals surface area (Å²) in [5, 5.41) is 0. The summed E-state index contributed by atoms with van der Waals surface area (Å²) in [5.41, 5.74) is 0. The first-order chi connectivity index (χ1) is 28.0. The molecule has 0 aliphatic heterocycles. The predicted molar refractivity (Wildman–Crippen MR) is 242 cm³/mol. The SMILES string of the molecule is CCCCC/C=C\CCCCCCCC(=O)OC(COC(=O)CCC/C=C\CCCCCC)COC(=O)CCCCCCC/C=C\C=C/CCCCCCCCC. The lowest BCUT2D eigenvalue weighted by molar-refractivity contribution is -0.167. The molecule has 0 saturated carbocycles. The van der Waals surface area contributed by atoms with Gasteiger partial charge < -0.3 is 14.2 Å². The van der Waals surface area contributed by atoms with E-state index >= 15 is 0 Å². The number of rotatable bonds is 43. The van der Waals surface area contributed by atoms with Gasteiger partial charge in [-0.05, 0) is 89.9 Å². The fourth-order valence-corrected chi connectivity index (χ4v) is 6.61. The van der Waals surface area contributed by atoms with Crippen LogP contribution in [0.15, 0.2) is 48.6 Å². The monoisotopic (exact) mass is 799 g/mol. The van der Waals surface area contributed by atoms with E-state index in [9.17, 15) is 14.4 Å². The van der Waals surface area contributed by atoms with Gasteiger partial charge in [0.05, 0.1) is 0 Å². The van der Waals surface area contributed by atoms with Gasteiger partial charge in [0.15, 0.2) is 6.10 Å². The molecule has 0 aliphatic rings. The zero-order valence-electron chi connectivity index (χ0n) is 37.6. The minimum atomic E-state index is -0.791. The Hall–Kier alpha value is -2.63. The van der Waals surface area contributed by atoms with E-state index in [4.69, 9.17) is 14.2 Å². The largest absolute Gasteiger partial charge is 0.462 e. The third-order valence-electron chi connectivity index (χ3n) is 10.3. The van der Waals surface area contributed by atoms with Crippen LogP contribution in [0, 0.1) is 0 Å². The molecule has 0 aromatic heterocycles. The van der Waals surface area contributed by atoms with Crippen LogP contribution in [0.4, 0.5) is 0 Å². The lowest BCUT2D eigenvalue weighted by atomic mass is 10.1. The number of ether oxygens (including phenoxy) is 3. The number of esters is 3. The zero-order valence-corrected chi connectivity index (χ0v) is 37.6. The van der Waals surface area contributed by atoms with Gasteiger partial charge in [-0.25, -0.2) is 0 Å². The van der Waals surface area contributed by atoms with E-state index in [1.165, 1.54) is 109 Å². The second-order valence-corrected chi connectivity index (χ2v) is 16.0. The molecular formula is C51H90O6. The van der Waals surface area contributed by atoms with Crippen molar-refractivity contribution in [3.63, 3.8) is 0 Å². The first-order valence-corrected chi connectivity index (χ1v) is 24.2. The summed E-state index contributed by atoms with van der Waals surface area (Å²) in [7, 11) is 0. The number of carbonyl (C=O) groups is 3. The maximum Gasteiger partial charge on any atom is 0.306 e. The summed E-state index contributed by atoms with van der Waals surface area (Å²) in [6, 6.07) is 0. The molecule has 57 heavy (non-hydrogen) atoms. The van der Waals surface area contributed by atoms with Crippen molar-refractivity contribution in [3.8, 4) is 0 Å². The second-order valence-electron chi connectivity index (χ2n) is 16.0. The first-order valence-electron chi connectivity index (χ1n) is 24.2. The van der Waals surface area contributed by atoms with Gasteiger partial charge in [0.2, 0.25) is 0 Å². The highest BCUT2D eigenvalue weighted by Gasteiger charge is 2.19. The maximum atomic E-state index is 12.7. The van der Waals surface area contributed by atoms with E-state index in [1.807, 2.05) is 0 Å². The van der Waals surface area contributed by atoms with Crippen LogP contribution in [0.1, 0.15) is 239 Å². The van der Waals surface area contributed by atoms with Crippen LogP contribution in [0.3, 0.4) is 0 Å². The molecule has 0 aromatic rings. The van der Waals surface area contributed by atoms with Crippen molar-refractivity contribution in [3.05, 3.63) is 48.6 Å². The summed E-state index contributed by atoms with van der Waals surface area (Å²) >= 11 is 0. The third kappa shape index (κ3) is 44.3. The van der Waals surface area contributed by atoms with Crippen LogP contribution in [0.2, 0.25) is 0 Å². The summed E-state index contributed by atoms with van der Waals surface area (Å²) in [6.07, 6.45) is 53.9. The molecular weight excluding hydrogens is 709 g/mol. The Kier molecular flexibility index (Phi) is 43.9. The number of carbonyl (C=O) groups excluding carboxylic acids is 3. The van der Waals surface area contributed by atoms with E-state index in [1.54, 1.807) is 0 Å². The van der Waals surface area contributed by atoms with Crippen LogP contribution in [0.25, 0.3) is 0 Å². The van der Waals surface area contributed by atoms with Gasteiger partial charge in [0.1, 0.15) is 13.2 Å². The molecule has 0 bridgehead atoms. The maximum absolute atomic E-state index is 12.7. The molecule has 1 unspecified atom stereocenters. The van der Waals surface area contributed by atoms with Gasteiger partial charge in [-0.3, -0.25) is 14.4 Å². The van der Waals surface area contributed by atoms with E-state index in [-0.39, 0.29) is 31.1 Å². The number of hydrogen-bond acceptors (Lipinski definition) is 6. The van der Waals surface area contributed by atoms with Crippen molar-refractivity contribution < 1.29 is 28.6 Å². The van der Waals surface area contributed by atoms with Gasteiger partial charge in [-0.15, -0.1) is 0 Å². The molecule has 0 radical (unpaired) electrons. The van der Waals surface area contributed by atoms with Crippen molar-refractivity contribution in [1.29, 1.82) is 0 Å². The Morgan fingerprint density at radius 1 is 0.351 bits per heavy atom. The highest BCUT2D eigenvalue weighted by atomic mass is 16.6. The topological polar surface area (TPSA) is 78.9 Å². The summed E-state index contributed by atoms with van der Waals surface area (Å²) < 4.78 is 16.7. The van der Waals surface area contributed by atoms with Crippen LogP contribution < -0.4 is 0 Å². The van der Waals surface area contributed by atoms with Crippen molar-refractivity contribution in [1.82, 2.24) is 0 Å². The van der Waals surface area contributed by atoms with E-state index in [2.05, 4.69) is 69.4 Å². The van der Waals surface area contributed by atoms with E-state index < -0.39 is 6.10 Å². The molecule has 330 valence electrons. The van der Waals surface area contributed by atoms with Gasteiger partial charge in [0.25, 0.3) is 0 Å². The minimum absolute atomic E-state index is 0.0928. The van der Waals surface area contributed by atoms with Gasteiger partial charge in [-0.2, -0.15) is 0 Å². The normalized spacial score (nSPS) is 12.4. The Bertz CT molecular complexity index is 1010. The van der Waals surface area contributed by atoms with Crippen molar-refractivity contribution in [2.45, 2.75) is 245 Å². The van der Waals surface area contributed by atoms with Crippen molar-refractivity contribution >= 4 is 17.9 Å². The standard InChI is InChI=1S/C51H90O6/c1-4-7-10-13-16-19-21-23-24-25-26-27-28-30-32-35-38-41-44-50(53)56-47-48(46-55-49(52)43-40-37-34-31-18-15-12-9-6-3)57-51(54)45-42-39-36-33-29-22-20-17-14-11-8-5-2/h17,20,24-27,31,34,48H,4-16,18-19,21-23,28-30,32-33,35-47H2,1-3H3/b20-17-,25-24-,27-26-,34-31-. The number of unbranched alkanes of at least 4 members (excludes halogenated alkanes) is 25. The average Bonchev–Trinajstić information content (AvgIpc) is 3.21. The highest BCUT2D eigenvalue weighted by molar-refractivity contribution is 5.71. The van der Waals surface area contributed by atoms with Gasteiger partial charge >= 0.3 is 17.9 Å². The van der Waals surface area contributed by atoms with Crippen LogP contribution in [-0.2, 0) is 28.6 Å². The van der Waals surface area contributed by atoms with Crippen LogP contribution in [0.5, 0.6) is 0 Å². The Morgan fingerprint density at radius 3 is 1.11 bits per heavy atom. The predicted octanol–water partition coefficient (Wildman–Crippen LogP) is 15.5.